The van der Waals surface area contributed by atoms with Crippen LogP contribution in [0.25, 0.3) is 0 Å². The molecule has 1 aliphatic rings. The van der Waals surface area contributed by atoms with Crippen molar-refractivity contribution in [3.8, 4) is 0 Å². The number of sulfonamides is 1. The normalized spacial score (nSPS) is 24.6. The van der Waals surface area contributed by atoms with Gasteiger partial charge in [0.25, 0.3) is 0 Å². The largest absolute Gasteiger partial charge is 0.378 e. The average molecular weight is 274 g/mol. The fourth-order valence-corrected chi connectivity index (χ4v) is 3.85. The minimum atomic E-state index is -3.57. The topological polar surface area (TPSA) is 96.1 Å². The Morgan fingerprint density at radius 1 is 1.39 bits per heavy atom. The first-order valence-corrected chi connectivity index (χ1v) is 7.21. The molecule has 1 aromatic rings. The Morgan fingerprint density at radius 2 is 2.11 bits per heavy atom. The number of hydrogen-bond acceptors (Lipinski definition) is 5. The van der Waals surface area contributed by atoms with Crippen LogP contribution in [0.2, 0.25) is 0 Å². The lowest BCUT2D eigenvalue weighted by Crippen LogP contribution is -2.43. The van der Waals surface area contributed by atoms with Crippen molar-refractivity contribution >= 4 is 10.0 Å². The van der Waals surface area contributed by atoms with Crippen LogP contribution in [-0.2, 0) is 14.8 Å². The Bertz CT molecular complexity index is 506. The molecular weight excluding hydrogens is 256 g/mol. The summed E-state index contributed by atoms with van der Waals surface area (Å²) in [7, 11) is -1.99. The Labute approximate surface area is 106 Å². The van der Waals surface area contributed by atoms with E-state index < -0.39 is 10.0 Å². The summed E-state index contributed by atoms with van der Waals surface area (Å²) in [5.74, 6) is 0. The van der Waals surface area contributed by atoms with Crippen LogP contribution in [0.3, 0.4) is 0 Å². The van der Waals surface area contributed by atoms with Gasteiger partial charge in [0.2, 0.25) is 10.0 Å². The number of hydrogen-bond donors (Lipinski definition) is 3. The fraction of sp³-hybridized carbons (Fsp3) is 0.700. The molecule has 2 atom stereocenters. The van der Waals surface area contributed by atoms with Crippen LogP contribution in [-0.4, -0.2) is 51.0 Å². The predicted molar refractivity (Wildman–Crippen MR) is 65.8 cm³/mol. The van der Waals surface area contributed by atoms with Gasteiger partial charge < -0.3 is 10.1 Å². The van der Waals surface area contributed by atoms with Crippen molar-refractivity contribution in [1.82, 2.24) is 20.2 Å². The number of nitrogens with one attached hydrogen (secondary N) is 3. The second-order valence-corrected chi connectivity index (χ2v) is 6.07. The van der Waals surface area contributed by atoms with Gasteiger partial charge in [-0.05, 0) is 13.8 Å². The molecule has 0 radical (unpaired) electrons. The smallest absolute Gasteiger partial charge is 0.244 e. The first-order chi connectivity index (χ1) is 8.45. The zero-order chi connectivity index (χ0) is 13.3. The van der Waals surface area contributed by atoms with Crippen molar-refractivity contribution < 1.29 is 13.2 Å². The van der Waals surface area contributed by atoms with E-state index in [-0.39, 0.29) is 17.0 Å². The van der Waals surface area contributed by atoms with E-state index in [2.05, 4.69) is 20.2 Å². The van der Waals surface area contributed by atoms with E-state index >= 15 is 0 Å². The molecular formula is C10H18N4O3S. The zero-order valence-corrected chi connectivity index (χ0v) is 11.5. The number of H-pyrrole nitrogens is 1. The zero-order valence-electron chi connectivity index (χ0n) is 10.6. The van der Waals surface area contributed by atoms with E-state index in [0.717, 1.165) is 0 Å². The third-order valence-electron chi connectivity index (χ3n) is 3.10. The van der Waals surface area contributed by atoms with E-state index in [9.17, 15) is 8.42 Å². The summed E-state index contributed by atoms with van der Waals surface area (Å²) in [5.41, 5.74) is 1.01. The Kier molecular flexibility index (Phi) is 3.71. The number of ether oxygens (including phenoxy) is 1. The van der Waals surface area contributed by atoms with Crippen molar-refractivity contribution in [3.63, 3.8) is 0 Å². The van der Waals surface area contributed by atoms with Gasteiger partial charge in [-0.3, -0.25) is 5.10 Å². The molecule has 1 unspecified atom stereocenters. The van der Waals surface area contributed by atoms with Crippen LogP contribution in [0.1, 0.15) is 11.4 Å². The minimum Gasteiger partial charge on any atom is -0.378 e. The molecule has 0 aromatic carbocycles. The molecule has 0 aliphatic carbocycles. The van der Waals surface area contributed by atoms with Gasteiger partial charge in [-0.2, -0.15) is 5.10 Å². The highest BCUT2D eigenvalue weighted by Gasteiger charge is 2.33. The van der Waals surface area contributed by atoms with Gasteiger partial charge in [0.1, 0.15) is 4.90 Å². The first-order valence-electron chi connectivity index (χ1n) is 5.73. The molecule has 0 bridgehead atoms. The highest BCUT2D eigenvalue weighted by molar-refractivity contribution is 7.89. The van der Waals surface area contributed by atoms with Crippen LogP contribution in [0.5, 0.6) is 0 Å². The first kappa shape index (κ1) is 13.5. The van der Waals surface area contributed by atoms with Crippen molar-refractivity contribution in [3.05, 3.63) is 11.4 Å². The number of methoxy groups -OCH3 is 1. The number of aromatic nitrogens is 2. The van der Waals surface area contributed by atoms with Crippen molar-refractivity contribution in [1.29, 1.82) is 0 Å². The molecule has 0 spiro atoms. The summed E-state index contributed by atoms with van der Waals surface area (Å²) in [5, 5.41) is 9.68. The second kappa shape index (κ2) is 4.96. The van der Waals surface area contributed by atoms with E-state index in [1.807, 2.05) is 0 Å². The third kappa shape index (κ3) is 2.41. The quantitative estimate of drug-likeness (QED) is 0.674. The van der Waals surface area contributed by atoms with E-state index in [1.165, 1.54) is 0 Å². The lowest BCUT2D eigenvalue weighted by atomic mass is 10.2. The molecule has 8 heteroatoms. The summed E-state index contributed by atoms with van der Waals surface area (Å²) in [6.07, 6.45) is -0.146. The number of nitrogens with zero attached hydrogens (tertiary/aromatic N) is 1. The SMILES string of the molecule is CO[C@H]1CNCC1NS(=O)(=O)c1c(C)n[nH]c1C. The summed E-state index contributed by atoms with van der Waals surface area (Å²) < 4.78 is 32.5. The van der Waals surface area contributed by atoms with E-state index in [1.54, 1.807) is 21.0 Å². The lowest BCUT2D eigenvalue weighted by molar-refractivity contribution is 0.103. The van der Waals surface area contributed by atoms with Crippen molar-refractivity contribution in [2.75, 3.05) is 20.2 Å². The summed E-state index contributed by atoms with van der Waals surface area (Å²) in [6.45, 7) is 4.56. The maximum atomic E-state index is 12.3. The van der Waals surface area contributed by atoms with Gasteiger partial charge in [-0.15, -0.1) is 0 Å². The van der Waals surface area contributed by atoms with Crippen LogP contribution >= 0.6 is 0 Å². The second-order valence-electron chi connectivity index (χ2n) is 4.42. The van der Waals surface area contributed by atoms with Crippen LogP contribution in [0.4, 0.5) is 0 Å². The minimum absolute atomic E-state index is 0.146. The molecule has 18 heavy (non-hydrogen) atoms. The van der Waals surface area contributed by atoms with E-state index in [4.69, 9.17) is 4.74 Å². The van der Waals surface area contributed by atoms with Gasteiger partial charge in [-0.1, -0.05) is 0 Å². The van der Waals surface area contributed by atoms with E-state index in [0.29, 0.717) is 24.5 Å². The number of rotatable bonds is 4. The molecule has 0 saturated carbocycles. The molecule has 1 aromatic heterocycles. The Hall–Kier alpha value is -0.960. The van der Waals surface area contributed by atoms with Gasteiger partial charge in [0, 0.05) is 20.2 Å². The van der Waals surface area contributed by atoms with Crippen LogP contribution in [0.15, 0.2) is 4.90 Å². The molecule has 102 valence electrons. The third-order valence-corrected chi connectivity index (χ3v) is 4.85. The number of aryl methyl sites for hydroxylation is 2. The average Bonchev–Trinajstić information content (AvgIpc) is 2.85. The molecule has 1 aliphatic heterocycles. The summed E-state index contributed by atoms with van der Waals surface area (Å²) >= 11 is 0. The number of aromatic amines is 1. The highest BCUT2D eigenvalue weighted by Crippen LogP contribution is 2.18. The molecule has 1 fully saturated rings. The predicted octanol–water partition coefficient (Wildman–Crippen LogP) is -0.708. The molecule has 2 rings (SSSR count). The molecule has 2 heterocycles. The maximum absolute atomic E-state index is 12.3. The standard InChI is InChI=1S/C10H18N4O3S/c1-6-10(7(2)13-12-6)18(15,16)14-8-4-11-5-9(8)17-3/h8-9,11,14H,4-5H2,1-3H3,(H,12,13)/t8?,9-/m0/s1. The molecule has 0 amide bonds. The fourth-order valence-electron chi connectivity index (χ4n) is 2.21. The molecule has 1 saturated heterocycles. The van der Waals surface area contributed by atoms with Gasteiger partial charge >= 0.3 is 0 Å². The van der Waals surface area contributed by atoms with Gasteiger partial charge in [0.15, 0.2) is 0 Å². The Balaban J connectivity index is 2.23. The van der Waals surface area contributed by atoms with Crippen LogP contribution in [0, 0.1) is 13.8 Å². The summed E-state index contributed by atoms with van der Waals surface area (Å²) in [6, 6.07) is -0.256. The van der Waals surface area contributed by atoms with Crippen LogP contribution < -0.4 is 10.0 Å². The van der Waals surface area contributed by atoms with Gasteiger partial charge in [-0.25, -0.2) is 13.1 Å². The lowest BCUT2D eigenvalue weighted by Gasteiger charge is -2.18. The highest BCUT2D eigenvalue weighted by atomic mass is 32.2. The maximum Gasteiger partial charge on any atom is 0.244 e. The summed E-state index contributed by atoms with van der Waals surface area (Å²) in [4.78, 5) is 0.226. The van der Waals surface area contributed by atoms with Crippen molar-refractivity contribution in [2.45, 2.75) is 30.9 Å². The van der Waals surface area contributed by atoms with Gasteiger partial charge in [0.05, 0.1) is 23.5 Å². The molecule has 3 N–H and O–H groups in total. The molecule has 7 nitrogen and oxygen atoms in total. The van der Waals surface area contributed by atoms with Crippen molar-refractivity contribution in [2.24, 2.45) is 0 Å². The monoisotopic (exact) mass is 274 g/mol. The Morgan fingerprint density at radius 3 is 2.67 bits per heavy atom.